The van der Waals surface area contributed by atoms with E-state index in [-0.39, 0.29) is 15.7 Å². The number of nitrogens with two attached hydrogens (primary N) is 1. The van der Waals surface area contributed by atoms with E-state index < -0.39 is 20.0 Å². The molecule has 1 aromatic rings. The van der Waals surface area contributed by atoms with Gasteiger partial charge in [-0.3, -0.25) is 0 Å². The topological polar surface area (TPSA) is 116 Å². The Hall–Kier alpha value is -1.00. The predicted octanol–water partition coefficient (Wildman–Crippen LogP) is 0.0389. The molecule has 118 valence electrons. The molecular weight excluding hydrogens is 316 g/mol. The smallest absolute Gasteiger partial charge is 0.240 e. The maximum atomic E-state index is 12.1. The van der Waals surface area contributed by atoms with Crippen LogP contribution < -0.4 is 9.86 Å². The van der Waals surface area contributed by atoms with Gasteiger partial charge in [0.25, 0.3) is 0 Å². The predicted molar refractivity (Wildman–Crippen MR) is 76.5 cm³/mol. The minimum Gasteiger partial charge on any atom is -0.381 e. The largest absolute Gasteiger partial charge is 0.381 e. The molecule has 0 amide bonds. The average molecular weight is 334 g/mol. The van der Waals surface area contributed by atoms with Crippen molar-refractivity contribution in [1.29, 1.82) is 0 Å². The van der Waals surface area contributed by atoms with Crippen molar-refractivity contribution in [3.63, 3.8) is 0 Å². The lowest BCUT2D eigenvalue weighted by Gasteiger charge is -2.22. The van der Waals surface area contributed by atoms with Crippen LogP contribution in [-0.2, 0) is 24.8 Å². The van der Waals surface area contributed by atoms with Gasteiger partial charge in [-0.2, -0.15) is 0 Å². The Bertz CT molecular complexity index is 677. The number of ether oxygens (including phenoxy) is 1. The summed E-state index contributed by atoms with van der Waals surface area (Å²) in [5.74, 6) is 0.261. The molecule has 0 spiro atoms. The summed E-state index contributed by atoms with van der Waals surface area (Å²) < 4.78 is 54.2. The van der Waals surface area contributed by atoms with Crippen LogP contribution in [0.5, 0.6) is 0 Å². The average Bonchev–Trinajstić information content (AvgIpc) is 2.46. The lowest BCUT2D eigenvalue weighted by Crippen LogP contribution is -2.32. The van der Waals surface area contributed by atoms with Gasteiger partial charge in [0.15, 0.2) is 0 Å². The molecule has 0 radical (unpaired) electrons. The van der Waals surface area contributed by atoms with Crippen LogP contribution >= 0.6 is 0 Å². The molecule has 0 aliphatic carbocycles. The Morgan fingerprint density at radius 2 is 1.57 bits per heavy atom. The molecule has 1 saturated heterocycles. The summed E-state index contributed by atoms with van der Waals surface area (Å²) in [6.07, 6.45) is 1.65. The SMILES string of the molecule is NS(=O)(=O)c1ccc(S(=O)(=O)NCC2CCOCC2)cc1. The van der Waals surface area contributed by atoms with Crippen LogP contribution in [0.4, 0.5) is 0 Å². The first kappa shape index (κ1) is 16.4. The van der Waals surface area contributed by atoms with Gasteiger partial charge >= 0.3 is 0 Å². The van der Waals surface area contributed by atoms with E-state index in [9.17, 15) is 16.8 Å². The van der Waals surface area contributed by atoms with Gasteiger partial charge in [0.05, 0.1) is 9.79 Å². The van der Waals surface area contributed by atoms with Crippen molar-refractivity contribution in [3.8, 4) is 0 Å². The summed E-state index contributed by atoms with van der Waals surface area (Å²) in [6, 6.07) is 4.81. The normalized spacial score (nSPS) is 17.8. The summed E-state index contributed by atoms with van der Waals surface area (Å²) in [5.41, 5.74) is 0. The Balaban J connectivity index is 2.05. The van der Waals surface area contributed by atoms with Gasteiger partial charge < -0.3 is 4.74 Å². The van der Waals surface area contributed by atoms with Crippen LogP contribution in [0.25, 0.3) is 0 Å². The van der Waals surface area contributed by atoms with E-state index in [1.807, 2.05) is 0 Å². The number of benzene rings is 1. The molecule has 0 aromatic heterocycles. The van der Waals surface area contributed by atoms with Crippen molar-refractivity contribution in [3.05, 3.63) is 24.3 Å². The van der Waals surface area contributed by atoms with Gasteiger partial charge in [0.2, 0.25) is 20.0 Å². The van der Waals surface area contributed by atoms with Crippen LogP contribution in [0.2, 0.25) is 0 Å². The number of primary sulfonamides is 1. The summed E-state index contributed by atoms with van der Waals surface area (Å²) in [6.45, 7) is 1.65. The van der Waals surface area contributed by atoms with Gasteiger partial charge in [0.1, 0.15) is 0 Å². The fourth-order valence-electron chi connectivity index (χ4n) is 2.07. The van der Waals surface area contributed by atoms with Crippen LogP contribution in [0.1, 0.15) is 12.8 Å². The molecule has 21 heavy (non-hydrogen) atoms. The van der Waals surface area contributed by atoms with E-state index in [2.05, 4.69) is 4.72 Å². The molecule has 1 fully saturated rings. The summed E-state index contributed by atoms with van der Waals surface area (Å²) in [4.78, 5) is -0.104. The van der Waals surface area contributed by atoms with Crippen molar-refractivity contribution in [2.45, 2.75) is 22.6 Å². The highest BCUT2D eigenvalue weighted by atomic mass is 32.2. The zero-order valence-electron chi connectivity index (χ0n) is 11.4. The molecule has 0 saturated carbocycles. The summed E-state index contributed by atoms with van der Waals surface area (Å²) in [7, 11) is -7.47. The summed E-state index contributed by atoms with van der Waals surface area (Å²) in [5, 5.41) is 4.97. The molecule has 7 nitrogen and oxygen atoms in total. The number of nitrogens with one attached hydrogen (secondary N) is 1. The first-order chi connectivity index (χ1) is 9.79. The lowest BCUT2D eigenvalue weighted by atomic mass is 10.0. The van der Waals surface area contributed by atoms with Crippen molar-refractivity contribution in [2.24, 2.45) is 11.1 Å². The minimum absolute atomic E-state index is 0.0157. The van der Waals surface area contributed by atoms with E-state index in [1.54, 1.807) is 0 Å². The Labute approximate surface area is 124 Å². The quantitative estimate of drug-likeness (QED) is 0.789. The Morgan fingerprint density at radius 3 is 2.10 bits per heavy atom. The summed E-state index contributed by atoms with van der Waals surface area (Å²) >= 11 is 0. The fourth-order valence-corrected chi connectivity index (χ4v) is 3.70. The van der Waals surface area contributed by atoms with Gasteiger partial charge in [-0.15, -0.1) is 0 Å². The molecule has 0 atom stereocenters. The Morgan fingerprint density at radius 1 is 1.05 bits per heavy atom. The standard InChI is InChI=1S/C12H18N2O5S2/c13-20(15,16)11-1-3-12(4-2-11)21(17,18)14-9-10-5-7-19-8-6-10/h1-4,10,14H,5-9H2,(H2,13,15,16). The van der Waals surface area contributed by atoms with E-state index in [1.165, 1.54) is 24.3 Å². The molecule has 1 aromatic carbocycles. The molecule has 9 heteroatoms. The lowest BCUT2D eigenvalue weighted by molar-refractivity contribution is 0.0678. The van der Waals surface area contributed by atoms with Crippen molar-refractivity contribution in [2.75, 3.05) is 19.8 Å². The second-order valence-corrected chi connectivity index (χ2v) is 8.25. The monoisotopic (exact) mass is 334 g/mol. The molecule has 0 unspecified atom stereocenters. The maximum Gasteiger partial charge on any atom is 0.240 e. The van der Waals surface area contributed by atoms with Crippen molar-refractivity contribution >= 4 is 20.0 Å². The number of rotatable bonds is 5. The third-order valence-electron chi connectivity index (χ3n) is 3.37. The second-order valence-electron chi connectivity index (χ2n) is 4.92. The number of hydrogen-bond donors (Lipinski definition) is 2. The van der Waals surface area contributed by atoms with E-state index in [4.69, 9.17) is 9.88 Å². The molecule has 1 aliphatic rings. The Kier molecular flexibility index (Phi) is 4.99. The van der Waals surface area contributed by atoms with Crippen LogP contribution in [0, 0.1) is 5.92 Å². The highest BCUT2D eigenvalue weighted by molar-refractivity contribution is 7.89. The van der Waals surface area contributed by atoms with Crippen LogP contribution in [0.15, 0.2) is 34.1 Å². The molecule has 1 heterocycles. The van der Waals surface area contributed by atoms with Crippen LogP contribution in [0.3, 0.4) is 0 Å². The fraction of sp³-hybridized carbons (Fsp3) is 0.500. The highest BCUT2D eigenvalue weighted by Gasteiger charge is 2.19. The van der Waals surface area contributed by atoms with E-state index in [0.717, 1.165) is 12.8 Å². The molecule has 1 aliphatic heterocycles. The molecule has 0 bridgehead atoms. The van der Waals surface area contributed by atoms with E-state index >= 15 is 0 Å². The van der Waals surface area contributed by atoms with Crippen LogP contribution in [-0.4, -0.2) is 36.6 Å². The number of sulfonamides is 2. The molecular formula is C12H18N2O5S2. The molecule has 3 N–H and O–H groups in total. The van der Waals surface area contributed by atoms with Gasteiger partial charge in [-0.1, -0.05) is 0 Å². The van der Waals surface area contributed by atoms with Crippen molar-refractivity contribution < 1.29 is 21.6 Å². The van der Waals surface area contributed by atoms with Gasteiger partial charge in [0, 0.05) is 19.8 Å². The van der Waals surface area contributed by atoms with E-state index in [0.29, 0.717) is 19.8 Å². The first-order valence-corrected chi connectivity index (χ1v) is 9.52. The zero-order chi connectivity index (χ0) is 15.5. The van der Waals surface area contributed by atoms with Crippen molar-refractivity contribution in [1.82, 2.24) is 4.72 Å². The molecule has 2 rings (SSSR count). The first-order valence-electron chi connectivity index (χ1n) is 6.49. The van der Waals surface area contributed by atoms with Gasteiger partial charge in [-0.05, 0) is 43.0 Å². The second kappa shape index (κ2) is 6.41. The minimum atomic E-state index is -3.82. The highest BCUT2D eigenvalue weighted by Crippen LogP contribution is 2.16. The third-order valence-corrected chi connectivity index (χ3v) is 5.73. The zero-order valence-corrected chi connectivity index (χ0v) is 13.0. The third kappa shape index (κ3) is 4.48. The number of hydrogen-bond acceptors (Lipinski definition) is 5. The maximum absolute atomic E-state index is 12.1. The van der Waals surface area contributed by atoms with Gasteiger partial charge in [-0.25, -0.2) is 26.7 Å².